The lowest BCUT2D eigenvalue weighted by atomic mass is 10.1. The van der Waals surface area contributed by atoms with Gasteiger partial charge in [0, 0.05) is 18.3 Å². The summed E-state index contributed by atoms with van der Waals surface area (Å²) in [6, 6.07) is 9.77. The number of halogens is 1. The minimum absolute atomic E-state index is 0.0273. The summed E-state index contributed by atoms with van der Waals surface area (Å²) in [5.41, 5.74) is 4.99. The predicted molar refractivity (Wildman–Crippen MR) is 86.8 cm³/mol. The highest BCUT2D eigenvalue weighted by Crippen LogP contribution is 2.30. The minimum Gasteiger partial charge on any atom is -0.387 e. The SMILES string of the molecule is NC[C@H]1O[C@@H](n2ccc(NC(=O)c3ccccc3)nc2=O)[C@H](F)[C@@H]1O. The standard InChI is InChI=1S/C16H17FN4O4/c17-12-13(22)10(8-18)25-15(12)21-7-6-11(20-16(21)24)19-14(23)9-4-2-1-3-5-9/h1-7,10,12-13,15,22H,8,18H2,(H,19,20,23,24)/t10-,12-,13-,15-/m1/s1. The maximum atomic E-state index is 14.1. The number of aromatic nitrogens is 2. The maximum absolute atomic E-state index is 14.1. The van der Waals surface area contributed by atoms with Crippen molar-refractivity contribution in [1.29, 1.82) is 0 Å². The van der Waals surface area contributed by atoms with Gasteiger partial charge >= 0.3 is 5.69 Å². The summed E-state index contributed by atoms with van der Waals surface area (Å²) in [4.78, 5) is 27.9. The van der Waals surface area contributed by atoms with Crippen LogP contribution >= 0.6 is 0 Å². The summed E-state index contributed by atoms with van der Waals surface area (Å²) in [6.45, 7) is -0.0779. The van der Waals surface area contributed by atoms with Gasteiger partial charge in [-0.25, -0.2) is 9.18 Å². The Kier molecular flexibility index (Phi) is 4.88. The largest absolute Gasteiger partial charge is 0.387 e. The van der Waals surface area contributed by atoms with Gasteiger partial charge in [0.25, 0.3) is 5.91 Å². The van der Waals surface area contributed by atoms with E-state index in [0.29, 0.717) is 5.56 Å². The zero-order chi connectivity index (χ0) is 18.0. The summed E-state index contributed by atoms with van der Waals surface area (Å²) < 4.78 is 20.3. The molecule has 4 N–H and O–H groups in total. The van der Waals surface area contributed by atoms with Gasteiger partial charge in [0.15, 0.2) is 12.4 Å². The van der Waals surface area contributed by atoms with E-state index in [1.165, 1.54) is 12.3 Å². The normalized spacial score (nSPS) is 25.7. The van der Waals surface area contributed by atoms with Crippen LogP contribution in [0, 0.1) is 0 Å². The zero-order valence-corrected chi connectivity index (χ0v) is 13.1. The lowest BCUT2D eigenvalue weighted by Crippen LogP contribution is -2.34. The highest BCUT2D eigenvalue weighted by Gasteiger charge is 2.44. The Morgan fingerprint density at radius 3 is 2.68 bits per heavy atom. The fraction of sp³-hybridized carbons (Fsp3) is 0.312. The summed E-state index contributed by atoms with van der Waals surface area (Å²) in [5.74, 6) is -0.399. The van der Waals surface area contributed by atoms with E-state index in [2.05, 4.69) is 10.3 Å². The van der Waals surface area contributed by atoms with Gasteiger partial charge in [-0.2, -0.15) is 4.98 Å². The molecule has 3 rings (SSSR count). The molecule has 8 nitrogen and oxygen atoms in total. The van der Waals surface area contributed by atoms with Gasteiger partial charge in [0.2, 0.25) is 0 Å². The highest BCUT2D eigenvalue weighted by atomic mass is 19.1. The topological polar surface area (TPSA) is 119 Å². The lowest BCUT2D eigenvalue weighted by Gasteiger charge is -2.16. The number of ether oxygens (including phenoxy) is 1. The van der Waals surface area contributed by atoms with Gasteiger partial charge in [0.1, 0.15) is 18.0 Å². The number of alkyl halides is 1. The fourth-order valence-corrected chi connectivity index (χ4v) is 2.58. The van der Waals surface area contributed by atoms with E-state index < -0.39 is 36.2 Å². The van der Waals surface area contributed by atoms with Crippen LogP contribution in [-0.2, 0) is 4.74 Å². The molecule has 2 aromatic rings. The Bertz CT molecular complexity index is 813. The molecular weight excluding hydrogens is 331 g/mol. The molecule has 0 saturated carbocycles. The van der Waals surface area contributed by atoms with Crippen LogP contribution in [0.25, 0.3) is 0 Å². The number of anilines is 1. The van der Waals surface area contributed by atoms with Crippen LogP contribution in [0.15, 0.2) is 47.4 Å². The monoisotopic (exact) mass is 348 g/mol. The van der Waals surface area contributed by atoms with Gasteiger partial charge in [-0.15, -0.1) is 0 Å². The van der Waals surface area contributed by atoms with Gasteiger partial charge in [0.05, 0.1) is 0 Å². The van der Waals surface area contributed by atoms with E-state index in [9.17, 15) is 19.1 Å². The first kappa shape index (κ1) is 17.2. The Labute approximate surface area is 142 Å². The van der Waals surface area contributed by atoms with E-state index in [0.717, 1.165) is 4.57 Å². The van der Waals surface area contributed by atoms with E-state index in [-0.39, 0.29) is 12.4 Å². The number of amides is 1. The quantitative estimate of drug-likeness (QED) is 0.718. The van der Waals surface area contributed by atoms with Crippen LogP contribution in [-0.4, -0.2) is 45.5 Å². The Morgan fingerprint density at radius 1 is 1.36 bits per heavy atom. The minimum atomic E-state index is -1.81. The van der Waals surface area contributed by atoms with Crippen molar-refractivity contribution in [2.24, 2.45) is 5.73 Å². The van der Waals surface area contributed by atoms with Gasteiger partial charge in [-0.3, -0.25) is 9.36 Å². The number of carbonyl (C=O) groups is 1. The van der Waals surface area contributed by atoms with Crippen molar-refractivity contribution in [3.8, 4) is 0 Å². The van der Waals surface area contributed by atoms with E-state index in [1.54, 1.807) is 30.3 Å². The van der Waals surface area contributed by atoms with Crippen molar-refractivity contribution in [3.63, 3.8) is 0 Å². The zero-order valence-electron chi connectivity index (χ0n) is 13.1. The summed E-state index contributed by atoms with van der Waals surface area (Å²) >= 11 is 0. The van der Waals surface area contributed by atoms with Crippen molar-refractivity contribution in [3.05, 3.63) is 58.6 Å². The van der Waals surface area contributed by atoms with Crippen molar-refractivity contribution < 1.29 is 19.0 Å². The summed E-state index contributed by atoms with van der Waals surface area (Å²) in [6.07, 6.45) is -4.19. The third-order valence-electron chi connectivity index (χ3n) is 3.91. The van der Waals surface area contributed by atoms with Crippen LogP contribution in [0.1, 0.15) is 16.6 Å². The molecule has 1 aliphatic heterocycles. The molecule has 1 fully saturated rings. The lowest BCUT2D eigenvalue weighted by molar-refractivity contribution is -0.0224. The van der Waals surface area contributed by atoms with Crippen LogP contribution in [0.3, 0.4) is 0 Å². The van der Waals surface area contributed by atoms with Crippen LogP contribution < -0.4 is 16.7 Å². The van der Waals surface area contributed by atoms with E-state index in [1.807, 2.05) is 0 Å². The first-order valence-electron chi connectivity index (χ1n) is 7.64. The van der Waals surface area contributed by atoms with Crippen molar-refractivity contribution in [2.45, 2.75) is 24.6 Å². The number of nitrogens with zero attached hydrogens (tertiary/aromatic N) is 2. The molecule has 1 aromatic carbocycles. The van der Waals surface area contributed by atoms with Crippen molar-refractivity contribution in [1.82, 2.24) is 9.55 Å². The molecule has 0 spiro atoms. The number of hydrogen-bond donors (Lipinski definition) is 3. The van der Waals surface area contributed by atoms with Crippen molar-refractivity contribution >= 4 is 11.7 Å². The fourth-order valence-electron chi connectivity index (χ4n) is 2.58. The van der Waals surface area contributed by atoms with Crippen LogP contribution in [0.5, 0.6) is 0 Å². The molecule has 4 atom stereocenters. The van der Waals surface area contributed by atoms with Gasteiger partial charge < -0.3 is 20.9 Å². The Hall–Kier alpha value is -2.62. The predicted octanol–water partition coefficient (Wildman–Crippen LogP) is 0.0507. The number of aliphatic hydroxyl groups excluding tert-OH is 1. The first-order chi connectivity index (χ1) is 12.0. The number of nitrogens with one attached hydrogen (secondary N) is 1. The van der Waals surface area contributed by atoms with Gasteiger partial charge in [-0.1, -0.05) is 18.2 Å². The van der Waals surface area contributed by atoms with Crippen LogP contribution in [0.2, 0.25) is 0 Å². The number of benzene rings is 1. The molecule has 1 aromatic heterocycles. The molecule has 1 saturated heterocycles. The Balaban J connectivity index is 1.78. The number of carbonyl (C=O) groups excluding carboxylic acids is 1. The number of aliphatic hydroxyl groups is 1. The molecule has 0 unspecified atom stereocenters. The third kappa shape index (κ3) is 3.43. The first-order valence-corrected chi connectivity index (χ1v) is 7.64. The average Bonchev–Trinajstić information content (AvgIpc) is 2.91. The smallest absolute Gasteiger partial charge is 0.351 e. The molecule has 0 bridgehead atoms. The second kappa shape index (κ2) is 7.09. The van der Waals surface area contributed by atoms with Crippen LogP contribution in [0.4, 0.5) is 10.2 Å². The van der Waals surface area contributed by atoms with Gasteiger partial charge in [-0.05, 0) is 18.2 Å². The maximum Gasteiger partial charge on any atom is 0.351 e. The summed E-state index contributed by atoms with van der Waals surface area (Å²) in [7, 11) is 0. The van der Waals surface area contributed by atoms with E-state index >= 15 is 0 Å². The summed E-state index contributed by atoms with van der Waals surface area (Å²) in [5, 5.41) is 12.2. The third-order valence-corrected chi connectivity index (χ3v) is 3.91. The molecule has 9 heteroatoms. The Morgan fingerprint density at radius 2 is 2.08 bits per heavy atom. The van der Waals surface area contributed by atoms with Crippen molar-refractivity contribution in [2.75, 3.05) is 11.9 Å². The molecule has 25 heavy (non-hydrogen) atoms. The molecule has 132 valence electrons. The second-order valence-electron chi connectivity index (χ2n) is 5.56. The molecule has 1 amide bonds. The average molecular weight is 348 g/mol. The molecule has 2 heterocycles. The second-order valence-corrected chi connectivity index (χ2v) is 5.56. The van der Waals surface area contributed by atoms with E-state index in [4.69, 9.17) is 10.5 Å². The molecule has 0 aliphatic carbocycles. The number of hydrogen-bond acceptors (Lipinski definition) is 6. The molecule has 1 aliphatic rings. The molecular formula is C16H17FN4O4. The number of nitrogens with two attached hydrogens (primary N) is 1. The molecule has 0 radical (unpaired) electrons. The number of rotatable bonds is 4. The highest BCUT2D eigenvalue weighted by molar-refractivity contribution is 6.03.